The number of hydrogen-bond donors (Lipinski definition) is 0. The van der Waals surface area contributed by atoms with Crippen LogP contribution in [-0.4, -0.2) is 14.1 Å². The van der Waals surface area contributed by atoms with E-state index >= 15 is 0 Å². The number of fused-ring (bicyclic) bond motifs is 11. The first-order chi connectivity index (χ1) is 23.8. The van der Waals surface area contributed by atoms with Crippen LogP contribution in [0.4, 0.5) is 0 Å². The molecule has 0 saturated carbocycles. The minimum atomic E-state index is 0.572. The molecule has 0 spiro atoms. The van der Waals surface area contributed by atoms with Gasteiger partial charge in [0.15, 0.2) is 5.58 Å². The van der Waals surface area contributed by atoms with E-state index in [-0.39, 0.29) is 0 Å². The lowest BCUT2D eigenvalue weighted by molar-refractivity contribution is 0.575. The maximum atomic E-state index is 6.97. The average molecular weight is 632 g/mol. The van der Waals surface area contributed by atoms with E-state index in [1.165, 1.54) is 36.6 Å². The highest BCUT2D eigenvalue weighted by Gasteiger charge is 2.23. The Hall–Kier alpha value is -6.17. The molecule has 0 aliphatic heterocycles. The lowest BCUT2D eigenvalue weighted by Gasteiger charge is -2.07. The van der Waals surface area contributed by atoms with Crippen molar-refractivity contribution in [2.75, 3.05) is 0 Å². The lowest BCUT2D eigenvalue weighted by Crippen LogP contribution is -1.94. The SMILES string of the molecule is c1ccc(-c2cc3sc4ccccc4c3c3nc(-n4c5ccccc5c5cc6c(cc54)c4ccccc4n6-c4ccccc4)oc23)cc1. The van der Waals surface area contributed by atoms with Crippen molar-refractivity contribution >= 4 is 86.2 Å². The van der Waals surface area contributed by atoms with Gasteiger partial charge in [0, 0.05) is 53.0 Å². The quantitative estimate of drug-likeness (QED) is 0.194. The van der Waals surface area contributed by atoms with Crippen LogP contribution in [0, 0.1) is 0 Å². The van der Waals surface area contributed by atoms with Crippen LogP contribution in [-0.2, 0) is 0 Å². The van der Waals surface area contributed by atoms with Crippen LogP contribution in [0.3, 0.4) is 0 Å². The second-order valence-electron chi connectivity index (χ2n) is 12.4. The van der Waals surface area contributed by atoms with Crippen LogP contribution in [0.15, 0.2) is 156 Å². The van der Waals surface area contributed by atoms with Gasteiger partial charge in [0.25, 0.3) is 0 Å². The van der Waals surface area contributed by atoms with Gasteiger partial charge in [0.1, 0.15) is 5.52 Å². The molecule has 7 aromatic carbocycles. The van der Waals surface area contributed by atoms with Gasteiger partial charge in [-0.2, -0.15) is 4.98 Å². The van der Waals surface area contributed by atoms with Crippen LogP contribution < -0.4 is 0 Å². The number of oxazole rings is 1. The van der Waals surface area contributed by atoms with E-state index in [4.69, 9.17) is 9.40 Å². The maximum Gasteiger partial charge on any atom is 0.307 e. The molecule has 4 nitrogen and oxygen atoms in total. The monoisotopic (exact) mass is 631 g/mol. The standard InChI is InChI=1S/C43H25N3OS/c1-3-13-26(14-4-1)31-25-39-40(30-19-9-12-22-38(30)48-39)41-42(31)47-43(44-41)46-35-21-11-8-18-29(35)33-23-36-32(24-37(33)46)28-17-7-10-20-34(28)45(36)27-15-5-2-6-16-27/h1-25H. The largest absolute Gasteiger partial charge is 0.422 e. The molecular formula is C43H25N3OS. The zero-order chi connectivity index (χ0) is 31.3. The summed E-state index contributed by atoms with van der Waals surface area (Å²) in [5, 5.41) is 7.09. The Morgan fingerprint density at radius 1 is 0.479 bits per heavy atom. The summed E-state index contributed by atoms with van der Waals surface area (Å²) >= 11 is 1.81. The third-order valence-corrected chi connectivity index (χ3v) is 10.9. The Labute approximate surface area is 278 Å². The lowest BCUT2D eigenvalue weighted by atomic mass is 10.0. The molecule has 0 amide bonds. The predicted molar refractivity (Wildman–Crippen MR) is 201 cm³/mol. The molecule has 0 saturated heterocycles. The number of rotatable bonds is 3. The molecule has 11 rings (SSSR count). The summed E-state index contributed by atoms with van der Waals surface area (Å²) in [5.41, 5.74) is 9.50. The summed E-state index contributed by atoms with van der Waals surface area (Å²) < 4.78 is 14.0. The first kappa shape index (κ1) is 26.0. The summed E-state index contributed by atoms with van der Waals surface area (Å²) in [6.07, 6.45) is 0. The highest BCUT2D eigenvalue weighted by atomic mass is 32.1. The molecule has 0 fully saturated rings. The van der Waals surface area contributed by atoms with Gasteiger partial charge in [0.2, 0.25) is 0 Å². The molecule has 4 aromatic heterocycles. The van der Waals surface area contributed by atoms with Gasteiger partial charge >= 0.3 is 6.01 Å². The highest BCUT2D eigenvalue weighted by Crippen LogP contribution is 2.45. The molecule has 11 aromatic rings. The van der Waals surface area contributed by atoms with E-state index in [0.29, 0.717) is 6.01 Å². The second-order valence-corrected chi connectivity index (χ2v) is 13.4. The predicted octanol–water partition coefficient (Wildman–Crippen LogP) is 12.1. The topological polar surface area (TPSA) is 35.9 Å². The van der Waals surface area contributed by atoms with E-state index < -0.39 is 0 Å². The van der Waals surface area contributed by atoms with E-state index in [9.17, 15) is 0 Å². The number of nitrogens with zero attached hydrogens (tertiary/aromatic N) is 3. The fourth-order valence-electron chi connectivity index (χ4n) is 7.69. The van der Waals surface area contributed by atoms with Crippen molar-refractivity contribution in [1.29, 1.82) is 0 Å². The Balaban J connectivity index is 1.28. The number of aromatic nitrogens is 3. The van der Waals surface area contributed by atoms with Crippen LogP contribution in [0.2, 0.25) is 0 Å². The zero-order valence-corrected chi connectivity index (χ0v) is 26.4. The number of hydrogen-bond acceptors (Lipinski definition) is 3. The fraction of sp³-hybridized carbons (Fsp3) is 0. The van der Waals surface area contributed by atoms with E-state index in [2.05, 4.69) is 161 Å². The minimum Gasteiger partial charge on any atom is -0.422 e. The summed E-state index contributed by atoms with van der Waals surface area (Å²) in [6.45, 7) is 0. The Kier molecular flexibility index (Phi) is 5.23. The summed E-state index contributed by atoms with van der Waals surface area (Å²) in [7, 11) is 0. The zero-order valence-electron chi connectivity index (χ0n) is 25.6. The van der Waals surface area contributed by atoms with Crippen molar-refractivity contribution in [1.82, 2.24) is 14.1 Å². The maximum absolute atomic E-state index is 6.97. The summed E-state index contributed by atoms with van der Waals surface area (Å²) in [6, 6.07) is 54.5. The van der Waals surface area contributed by atoms with Crippen LogP contribution >= 0.6 is 11.3 Å². The normalized spacial score (nSPS) is 12.2. The van der Waals surface area contributed by atoms with Crippen LogP contribution in [0.25, 0.3) is 97.7 Å². The Morgan fingerprint density at radius 2 is 1.06 bits per heavy atom. The molecule has 0 atom stereocenters. The first-order valence-corrected chi connectivity index (χ1v) is 17.0. The van der Waals surface area contributed by atoms with Gasteiger partial charge in [-0.15, -0.1) is 11.3 Å². The van der Waals surface area contributed by atoms with Crippen molar-refractivity contribution in [2.24, 2.45) is 0 Å². The molecular weight excluding hydrogens is 607 g/mol. The number of para-hydroxylation sites is 3. The number of benzene rings is 7. The van der Waals surface area contributed by atoms with Gasteiger partial charge < -0.3 is 8.98 Å². The van der Waals surface area contributed by atoms with Crippen molar-refractivity contribution < 1.29 is 4.42 Å². The molecule has 5 heteroatoms. The molecule has 0 bridgehead atoms. The van der Waals surface area contributed by atoms with Crippen molar-refractivity contribution in [3.05, 3.63) is 152 Å². The van der Waals surface area contributed by atoms with E-state index in [1.54, 1.807) is 0 Å². The van der Waals surface area contributed by atoms with Crippen LogP contribution in [0.1, 0.15) is 0 Å². The molecule has 224 valence electrons. The second kappa shape index (κ2) is 9.67. The third kappa shape index (κ3) is 3.51. The van der Waals surface area contributed by atoms with E-state index in [0.717, 1.165) is 55.1 Å². The summed E-state index contributed by atoms with van der Waals surface area (Å²) in [5.74, 6) is 0. The molecule has 0 unspecified atom stereocenters. The average Bonchev–Trinajstić information content (AvgIpc) is 3.90. The first-order valence-electron chi connectivity index (χ1n) is 16.1. The highest BCUT2D eigenvalue weighted by molar-refractivity contribution is 7.26. The minimum absolute atomic E-state index is 0.572. The van der Waals surface area contributed by atoms with Gasteiger partial charge in [-0.3, -0.25) is 4.57 Å². The Morgan fingerprint density at radius 3 is 1.79 bits per heavy atom. The van der Waals surface area contributed by atoms with E-state index in [1.807, 2.05) is 11.3 Å². The molecule has 0 radical (unpaired) electrons. The van der Waals surface area contributed by atoms with Gasteiger partial charge in [0.05, 0.1) is 22.1 Å². The van der Waals surface area contributed by atoms with Gasteiger partial charge in [-0.05, 0) is 54.1 Å². The third-order valence-electron chi connectivity index (χ3n) is 9.75. The van der Waals surface area contributed by atoms with Gasteiger partial charge in [-0.25, -0.2) is 0 Å². The van der Waals surface area contributed by atoms with Crippen molar-refractivity contribution in [3.63, 3.8) is 0 Å². The molecule has 48 heavy (non-hydrogen) atoms. The summed E-state index contributed by atoms with van der Waals surface area (Å²) in [4.78, 5) is 5.39. The van der Waals surface area contributed by atoms with Gasteiger partial charge in [-0.1, -0.05) is 103 Å². The molecule has 4 heterocycles. The van der Waals surface area contributed by atoms with Crippen molar-refractivity contribution in [3.8, 4) is 22.8 Å². The smallest absolute Gasteiger partial charge is 0.307 e. The Bertz CT molecular complexity index is 3050. The fourth-order valence-corrected chi connectivity index (χ4v) is 8.84. The molecule has 0 N–H and O–H groups in total. The van der Waals surface area contributed by atoms with Crippen molar-refractivity contribution in [2.45, 2.75) is 0 Å². The molecule has 0 aliphatic rings. The van der Waals surface area contributed by atoms with Crippen LogP contribution in [0.5, 0.6) is 0 Å². The number of thiophene rings is 1. The molecule has 0 aliphatic carbocycles.